The van der Waals surface area contributed by atoms with E-state index in [2.05, 4.69) is 0 Å². The van der Waals surface area contributed by atoms with Crippen LogP contribution in [0.5, 0.6) is 5.75 Å². The molecular weight excluding hydrogens is 461 g/mol. The number of carbonyl (C=O) groups excluding carboxylic acids is 2. The minimum absolute atomic E-state index is 0.0401. The van der Waals surface area contributed by atoms with Crippen LogP contribution in [-0.4, -0.2) is 27.1 Å². The summed E-state index contributed by atoms with van der Waals surface area (Å²) in [6.45, 7) is 7.98. The molecule has 0 unspecified atom stereocenters. The van der Waals surface area contributed by atoms with Crippen LogP contribution in [0, 0.1) is 17.3 Å². The summed E-state index contributed by atoms with van der Waals surface area (Å²) < 4.78 is 6.28. The smallest absolute Gasteiger partial charge is 0.315 e. The van der Waals surface area contributed by atoms with Crippen LogP contribution < -0.4 is 4.74 Å². The highest BCUT2D eigenvalue weighted by Gasteiger charge is 2.61. The van der Waals surface area contributed by atoms with Crippen molar-refractivity contribution in [3.63, 3.8) is 0 Å². The summed E-state index contributed by atoms with van der Waals surface area (Å²) in [5.74, 6) is -0.249. The van der Waals surface area contributed by atoms with Crippen LogP contribution in [-0.2, 0) is 9.59 Å². The lowest BCUT2D eigenvalue weighted by atomic mass is 10.1. The average molecular weight is 484 g/mol. The highest BCUT2D eigenvalue weighted by atomic mass is 35.5. The molecular formula is C22H23Cl2NO3S2. The van der Waals surface area contributed by atoms with Crippen molar-refractivity contribution in [1.82, 2.24) is 4.90 Å². The largest absolute Gasteiger partial charge is 0.426 e. The number of hydrogen-bond acceptors (Lipinski definition) is 5. The topological polar surface area (TPSA) is 46.6 Å². The number of rotatable bonds is 6. The lowest BCUT2D eigenvalue weighted by Crippen LogP contribution is -2.36. The van der Waals surface area contributed by atoms with E-state index < -0.39 is 0 Å². The zero-order valence-electron chi connectivity index (χ0n) is 17.1. The molecule has 1 aromatic rings. The summed E-state index contributed by atoms with van der Waals surface area (Å²) in [5.41, 5.74) is 0.595. The second-order valence-electron chi connectivity index (χ2n) is 8.08. The highest BCUT2D eigenvalue weighted by Crippen LogP contribution is 2.60. The Kier molecular flexibility index (Phi) is 7.02. The van der Waals surface area contributed by atoms with Crippen molar-refractivity contribution in [3.05, 3.63) is 45.3 Å². The van der Waals surface area contributed by atoms with Crippen LogP contribution in [0.2, 0.25) is 0 Å². The SMILES string of the molecule is CC[C@H](C)N1C(=O)/C(=C\c2ccc(OC(=O)[C@H]3[C@H](C=C(Cl)Cl)C3(C)C)cc2)SC1=S. The molecule has 0 spiro atoms. The summed E-state index contributed by atoms with van der Waals surface area (Å²) in [6.07, 6.45) is 4.33. The van der Waals surface area contributed by atoms with Crippen molar-refractivity contribution in [1.29, 1.82) is 0 Å². The lowest BCUT2D eigenvalue weighted by Gasteiger charge is -2.21. The lowest BCUT2D eigenvalue weighted by molar-refractivity contribution is -0.136. The Balaban J connectivity index is 1.67. The van der Waals surface area contributed by atoms with Crippen LogP contribution in [0.15, 0.2) is 39.7 Å². The first-order valence-electron chi connectivity index (χ1n) is 9.68. The predicted molar refractivity (Wildman–Crippen MR) is 127 cm³/mol. The van der Waals surface area contributed by atoms with Gasteiger partial charge in [0.1, 0.15) is 14.6 Å². The molecule has 3 rings (SSSR count). The predicted octanol–water partition coefficient (Wildman–Crippen LogP) is 6.18. The number of nitrogens with zero attached hydrogens (tertiary/aromatic N) is 1. The number of esters is 1. The first-order chi connectivity index (χ1) is 14.1. The Morgan fingerprint density at radius 3 is 2.53 bits per heavy atom. The molecule has 4 nitrogen and oxygen atoms in total. The molecule has 1 aliphatic heterocycles. The van der Waals surface area contributed by atoms with Crippen molar-refractivity contribution >= 4 is 69.5 Å². The molecule has 0 N–H and O–H groups in total. The van der Waals surface area contributed by atoms with E-state index in [0.29, 0.717) is 15.0 Å². The molecule has 0 radical (unpaired) electrons. The Hall–Kier alpha value is -1.34. The van der Waals surface area contributed by atoms with E-state index >= 15 is 0 Å². The van der Waals surface area contributed by atoms with E-state index in [9.17, 15) is 9.59 Å². The number of hydrogen-bond donors (Lipinski definition) is 0. The first-order valence-corrected chi connectivity index (χ1v) is 11.7. The molecule has 1 heterocycles. The second-order valence-corrected chi connectivity index (χ2v) is 10.8. The first kappa shape index (κ1) is 23.3. The van der Waals surface area contributed by atoms with Gasteiger partial charge in [-0.2, -0.15) is 0 Å². The molecule has 1 amide bonds. The van der Waals surface area contributed by atoms with Gasteiger partial charge in [-0.3, -0.25) is 14.5 Å². The van der Waals surface area contributed by atoms with Crippen LogP contribution in [0.3, 0.4) is 0 Å². The number of thioether (sulfide) groups is 1. The van der Waals surface area contributed by atoms with Crippen molar-refractivity contribution in [2.75, 3.05) is 0 Å². The van der Waals surface area contributed by atoms with E-state index in [0.717, 1.165) is 12.0 Å². The van der Waals surface area contributed by atoms with Crippen molar-refractivity contribution in [2.45, 2.75) is 40.2 Å². The summed E-state index contributed by atoms with van der Waals surface area (Å²) in [6, 6.07) is 7.12. The van der Waals surface area contributed by atoms with E-state index in [4.69, 9.17) is 40.2 Å². The van der Waals surface area contributed by atoms with E-state index in [1.54, 1.807) is 29.2 Å². The van der Waals surface area contributed by atoms with Gasteiger partial charge in [-0.25, -0.2) is 0 Å². The molecule has 1 aromatic carbocycles. The van der Waals surface area contributed by atoms with Gasteiger partial charge in [-0.05, 0) is 54.5 Å². The molecule has 2 fully saturated rings. The Morgan fingerprint density at radius 1 is 1.33 bits per heavy atom. The maximum atomic E-state index is 12.6. The molecule has 2 aliphatic rings. The van der Waals surface area contributed by atoms with Gasteiger partial charge in [0.15, 0.2) is 0 Å². The summed E-state index contributed by atoms with van der Waals surface area (Å²) in [5, 5.41) is 0. The quantitative estimate of drug-likeness (QED) is 0.209. The fourth-order valence-corrected chi connectivity index (χ4v) is 5.31. The average Bonchev–Trinajstić information content (AvgIpc) is 3.08. The van der Waals surface area contributed by atoms with E-state index in [1.807, 2.05) is 39.8 Å². The van der Waals surface area contributed by atoms with Crippen LogP contribution in [0.4, 0.5) is 0 Å². The minimum Gasteiger partial charge on any atom is -0.426 e. The van der Waals surface area contributed by atoms with Crippen LogP contribution in [0.25, 0.3) is 6.08 Å². The highest BCUT2D eigenvalue weighted by molar-refractivity contribution is 8.26. The number of benzene rings is 1. The van der Waals surface area contributed by atoms with Crippen LogP contribution in [0.1, 0.15) is 39.7 Å². The number of thiocarbonyl (C=S) groups is 1. The molecule has 1 saturated heterocycles. The normalized spacial score (nSPS) is 24.7. The Morgan fingerprint density at radius 2 is 1.97 bits per heavy atom. The second kappa shape index (κ2) is 9.03. The summed E-state index contributed by atoms with van der Waals surface area (Å²) in [4.78, 5) is 27.4. The third-order valence-corrected chi connectivity index (χ3v) is 7.30. The molecule has 1 saturated carbocycles. The number of ether oxygens (including phenoxy) is 1. The monoisotopic (exact) mass is 483 g/mol. The number of amides is 1. The third kappa shape index (κ3) is 4.77. The van der Waals surface area contributed by atoms with Gasteiger partial charge in [0.25, 0.3) is 5.91 Å². The zero-order chi connectivity index (χ0) is 22.2. The van der Waals surface area contributed by atoms with E-state index in [-0.39, 0.29) is 39.7 Å². The Bertz CT molecular complexity index is 936. The van der Waals surface area contributed by atoms with Gasteiger partial charge >= 0.3 is 5.97 Å². The summed E-state index contributed by atoms with van der Waals surface area (Å²) in [7, 11) is 0. The molecule has 3 atom stereocenters. The van der Waals surface area contributed by atoms with Crippen molar-refractivity contribution < 1.29 is 14.3 Å². The Labute approximate surface area is 196 Å². The van der Waals surface area contributed by atoms with Gasteiger partial charge in [-0.1, -0.05) is 80.1 Å². The fraction of sp³-hybridized carbons (Fsp3) is 0.409. The third-order valence-electron chi connectivity index (χ3n) is 5.72. The minimum atomic E-state index is -0.307. The maximum absolute atomic E-state index is 12.6. The molecule has 0 aromatic heterocycles. The van der Waals surface area contributed by atoms with E-state index in [1.165, 1.54) is 11.8 Å². The fourth-order valence-electron chi connectivity index (χ4n) is 3.58. The molecule has 1 aliphatic carbocycles. The number of carbonyl (C=O) groups is 2. The van der Waals surface area contributed by atoms with Gasteiger partial charge < -0.3 is 4.74 Å². The zero-order valence-corrected chi connectivity index (χ0v) is 20.3. The maximum Gasteiger partial charge on any atom is 0.315 e. The van der Waals surface area contributed by atoms with Gasteiger partial charge in [0.05, 0.1) is 10.8 Å². The molecule has 30 heavy (non-hydrogen) atoms. The molecule has 8 heteroatoms. The number of halogens is 2. The van der Waals surface area contributed by atoms with Crippen molar-refractivity contribution in [2.24, 2.45) is 17.3 Å². The van der Waals surface area contributed by atoms with Gasteiger partial charge in [-0.15, -0.1) is 0 Å². The van der Waals surface area contributed by atoms with Gasteiger partial charge in [0, 0.05) is 6.04 Å². The van der Waals surface area contributed by atoms with Crippen LogP contribution >= 0.6 is 47.2 Å². The standard InChI is InChI=1S/C22H23Cl2NO3S2/c1-5-12(2)25-19(26)16(30-21(25)29)10-13-6-8-14(9-7-13)28-20(27)18-15(11-17(23)24)22(18,3)4/h6-12,15,18H,5H2,1-4H3/b16-10+/t12-,15-,18+/m0/s1. The number of allylic oxidation sites excluding steroid dienone is 1. The molecule has 160 valence electrons. The van der Waals surface area contributed by atoms with Gasteiger partial charge in [0.2, 0.25) is 0 Å². The molecule has 0 bridgehead atoms. The summed E-state index contributed by atoms with van der Waals surface area (Å²) >= 11 is 18.2. The van der Waals surface area contributed by atoms with Crippen molar-refractivity contribution in [3.8, 4) is 5.75 Å².